The van der Waals surface area contributed by atoms with Crippen molar-refractivity contribution in [2.24, 2.45) is 0 Å². The maximum atomic E-state index is 13.5. The third-order valence-electron chi connectivity index (χ3n) is 2.09. The van der Waals surface area contributed by atoms with Crippen molar-refractivity contribution in [2.75, 3.05) is 17.4 Å². The fraction of sp³-hybridized carbons (Fsp3) is 0.364. The fourth-order valence-electron chi connectivity index (χ4n) is 1.21. The first kappa shape index (κ1) is 16.5. The summed E-state index contributed by atoms with van der Waals surface area (Å²) in [6.07, 6.45) is 0.0488. The quantitative estimate of drug-likeness (QED) is 0.508. The van der Waals surface area contributed by atoms with E-state index in [4.69, 9.17) is 0 Å². The van der Waals surface area contributed by atoms with Gasteiger partial charge in [0.05, 0.1) is 5.69 Å². The van der Waals surface area contributed by atoms with Crippen LogP contribution in [0.4, 0.5) is 32.5 Å². The Kier molecular flexibility index (Phi) is 6.05. The molecule has 0 saturated carbocycles. The summed E-state index contributed by atoms with van der Waals surface area (Å²) in [6, 6.07) is 2.97. The molecule has 2 amide bonds. The summed E-state index contributed by atoms with van der Waals surface area (Å²) in [5, 5.41) is 1.88. The summed E-state index contributed by atoms with van der Waals surface area (Å²) < 4.78 is 61.5. The van der Waals surface area contributed by atoms with E-state index in [1.807, 2.05) is 0 Å². The molecular formula is C11H11F5N2OS. The van der Waals surface area contributed by atoms with Gasteiger partial charge in [-0.05, 0) is 30.7 Å². The van der Waals surface area contributed by atoms with Gasteiger partial charge in [0.2, 0.25) is 0 Å². The molecule has 0 unspecified atom stereocenters. The zero-order chi connectivity index (χ0) is 15.2. The molecule has 0 aliphatic rings. The van der Waals surface area contributed by atoms with Crippen LogP contribution in [0.15, 0.2) is 24.3 Å². The maximum Gasteiger partial charge on any atom is 0.441 e. The number of carbonyl (C=O) groups excluding carboxylic acids is 1. The van der Waals surface area contributed by atoms with Crippen LogP contribution >= 0.6 is 11.8 Å². The van der Waals surface area contributed by atoms with E-state index >= 15 is 0 Å². The molecule has 0 heterocycles. The molecule has 0 atom stereocenters. The summed E-state index contributed by atoms with van der Waals surface area (Å²) in [6.45, 7) is -0.0937. The predicted molar refractivity (Wildman–Crippen MR) is 66.5 cm³/mol. The van der Waals surface area contributed by atoms with Crippen LogP contribution in [0.5, 0.6) is 0 Å². The zero-order valence-corrected chi connectivity index (χ0v) is 10.9. The van der Waals surface area contributed by atoms with Crippen molar-refractivity contribution < 1.29 is 26.8 Å². The Morgan fingerprint density at radius 2 is 1.85 bits per heavy atom. The van der Waals surface area contributed by atoms with Gasteiger partial charge < -0.3 is 5.32 Å². The van der Waals surface area contributed by atoms with Crippen LogP contribution in [-0.2, 0) is 0 Å². The topological polar surface area (TPSA) is 32.3 Å². The second-order valence-electron chi connectivity index (χ2n) is 3.64. The molecule has 1 N–H and O–H groups in total. The van der Waals surface area contributed by atoms with Gasteiger partial charge in [-0.3, -0.25) is 0 Å². The number of alkyl halides is 3. The normalized spacial score (nSPS) is 11.2. The largest absolute Gasteiger partial charge is 0.441 e. The minimum Gasteiger partial charge on any atom is -0.336 e. The monoisotopic (exact) mass is 314 g/mol. The number of hydrogen-bond acceptors (Lipinski definition) is 2. The molecule has 0 bridgehead atoms. The molecule has 0 saturated heterocycles. The summed E-state index contributed by atoms with van der Waals surface area (Å²) >= 11 is -0.209. The predicted octanol–water partition coefficient (Wildman–Crippen LogP) is 3.87. The lowest BCUT2D eigenvalue weighted by Gasteiger charge is -2.13. The highest BCUT2D eigenvalue weighted by Gasteiger charge is 2.27. The highest BCUT2D eigenvalue weighted by Crippen LogP contribution is 2.30. The van der Waals surface area contributed by atoms with Gasteiger partial charge in [0.1, 0.15) is 5.82 Å². The van der Waals surface area contributed by atoms with Crippen molar-refractivity contribution in [3.05, 3.63) is 30.1 Å². The van der Waals surface area contributed by atoms with Crippen molar-refractivity contribution in [1.29, 1.82) is 0 Å². The molecule has 0 aliphatic heterocycles. The maximum absolute atomic E-state index is 13.5. The average molecular weight is 314 g/mol. The summed E-state index contributed by atoms with van der Waals surface area (Å²) in [5.41, 5.74) is -4.49. The minimum absolute atomic E-state index is 0.0488. The van der Waals surface area contributed by atoms with E-state index in [0.717, 1.165) is 24.3 Å². The van der Waals surface area contributed by atoms with Crippen LogP contribution < -0.4 is 10.4 Å². The van der Waals surface area contributed by atoms with Gasteiger partial charge in [-0.25, -0.2) is 9.18 Å². The second kappa shape index (κ2) is 7.32. The van der Waals surface area contributed by atoms with Gasteiger partial charge in [0.25, 0.3) is 0 Å². The Balaban J connectivity index is 2.30. The number of urea groups is 1. The van der Waals surface area contributed by atoms with E-state index in [1.54, 1.807) is 0 Å². The summed E-state index contributed by atoms with van der Waals surface area (Å²) in [7, 11) is 0. The molecule has 9 heteroatoms. The van der Waals surface area contributed by atoms with E-state index in [1.165, 1.54) is 0 Å². The number of thioether (sulfide) groups is 1. The molecule has 1 rings (SSSR count). The van der Waals surface area contributed by atoms with Crippen molar-refractivity contribution >= 4 is 23.5 Å². The number of rotatable bonds is 5. The summed E-state index contributed by atoms with van der Waals surface area (Å²) in [4.78, 5) is 11.3. The van der Waals surface area contributed by atoms with E-state index in [2.05, 4.69) is 5.32 Å². The van der Waals surface area contributed by atoms with E-state index < -0.39 is 17.4 Å². The molecule has 0 spiro atoms. The Bertz CT molecular complexity index is 437. The number of amides is 2. The second-order valence-corrected chi connectivity index (χ2v) is 4.80. The van der Waals surface area contributed by atoms with Crippen LogP contribution in [0.2, 0.25) is 0 Å². The molecule has 1 aromatic carbocycles. The molecule has 0 radical (unpaired) electrons. The lowest BCUT2D eigenvalue weighted by atomic mass is 10.3. The molecule has 20 heavy (non-hydrogen) atoms. The van der Waals surface area contributed by atoms with Gasteiger partial charge in [0.15, 0.2) is 0 Å². The fourth-order valence-corrected chi connectivity index (χ4v) is 1.73. The van der Waals surface area contributed by atoms with Gasteiger partial charge >= 0.3 is 11.5 Å². The number of benzene rings is 1. The smallest absolute Gasteiger partial charge is 0.336 e. The number of anilines is 1. The molecular weight excluding hydrogens is 303 g/mol. The number of carbonyl (C=O) groups is 1. The number of halogens is 5. The zero-order valence-electron chi connectivity index (χ0n) is 10.1. The van der Waals surface area contributed by atoms with Crippen LogP contribution in [0.3, 0.4) is 0 Å². The van der Waals surface area contributed by atoms with Crippen LogP contribution in [0.25, 0.3) is 0 Å². The third-order valence-corrected chi connectivity index (χ3v) is 2.91. The van der Waals surface area contributed by atoms with Gasteiger partial charge in [-0.1, -0.05) is 16.2 Å². The van der Waals surface area contributed by atoms with Crippen LogP contribution in [0.1, 0.15) is 6.42 Å². The molecule has 112 valence electrons. The molecule has 0 fully saturated rings. The third kappa shape index (κ3) is 6.09. The number of nitrogens with zero attached hydrogens (tertiary/aromatic N) is 1. The van der Waals surface area contributed by atoms with Crippen LogP contribution in [-0.4, -0.2) is 23.8 Å². The van der Waals surface area contributed by atoms with Gasteiger partial charge in [0, 0.05) is 12.3 Å². The number of nitrogens with one attached hydrogen (secondary N) is 1. The van der Waals surface area contributed by atoms with Crippen molar-refractivity contribution in [1.82, 2.24) is 5.32 Å². The van der Waals surface area contributed by atoms with Crippen molar-refractivity contribution in [3.8, 4) is 0 Å². The van der Waals surface area contributed by atoms with E-state index in [9.17, 15) is 26.8 Å². The summed E-state index contributed by atoms with van der Waals surface area (Å²) in [5.74, 6) is -0.807. The van der Waals surface area contributed by atoms with E-state index in [-0.39, 0.29) is 41.3 Å². The highest BCUT2D eigenvalue weighted by molar-refractivity contribution is 8.00. The Morgan fingerprint density at radius 3 is 2.40 bits per heavy atom. The first-order chi connectivity index (χ1) is 9.29. The Labute approximate surface area is 116 Å². The lowest BCUT2D eigenvalue weighted by molar-refractivity contribution is -0.0327. The van der Waals surface area contributed by atoms with E-state index in [0.29, 0.717) is 0 Å². The van der Waals surface area contributed by atoms with Gasteiger partial charge in [-0.15, -0.1) is 5.12 Å². The molecule has 0 aliphatic carbocycles. The average Bonchev–Trinajstić information content (AvgIpc) is 2.37. The highest BCUT2D eigenvalue weighted by atomic mass is 32.2. The number of hydrogen-bond donors (Lipinski definition) is 1. The first-order valence-electron chi connectivity index (χ1n) is 5.49. The van der Waals surface area contributed by atoms with Crippen molar-refractivity contribution in [3.63, 3.8) is 0 Å². The van der Waals surface area contributed by atoms with Crippen LogP contribution in [0, 0.1) is 5.82 Å². The first-order valence-corrected chi connectivity index (χ1v) is 6.48. The van der Waals surface area contributed by atoms with Crippen molar-refractivity contribution in [2.45, 2.75) is 11.9 Å². The SMILES string of the molecule is O=C(NCCCSC(F)(F)F)N(F)c1ccc(F)cc1. The Morgan fingerprint density at radius 1 is 1.25 bits per heavy atom. The Hall–Kier alpha value is -1.51. The minimum atomic E-state index is -4.32. The molecule has 1 aromatic rings. The molecule has 0 aromatic heterocycles. The molecule has 3 nitrogen and oxygen atoms in total. The van der Waals surface area contributed by atoms with Gasteiger partial charge in [-0.2, -0.15) is 13.2 Å². The standard InChI is InChI=1S/C11H11F5N2OS/c12-8-2-4-9(5-3-8)18(16)10(19)17-6-1-7-20-11(13,14)15/h2-5H,1,6-7H2,(H,17,19). The lowest BCUT2D eigenvalue weighted by Crippen LogP contribution is -2.35.